The lowest BCUT2D eigenvalue weighted by Gasteiger charge is -2.22. The van der Waals surface area contributed by atoms with Crippen LogP contribution in [0.5, 0.6) is 17.2 Å². The van der Waals surface area contributed by atoms with Crippen LogP contribution in [0.25, 0.3) is 5.76 Å². The molecule has 22 heavy (non-hydrogen) atoms. The van der Waals surface area contributed by atoms with Gasteiger partial charge in [-0.2, -0.15) is 0 Å². The molecular formula is C15H14O7. The summed E-state index contributed by atoms with van der Waals surface area (Å²) in [6.45, 7) is 1.09. The number of methoxy groups -OCH3 is 3. The van der Waals surface area contributed by atoms with Gasteiger partial charge in [0, 0.05) is 6.07 Å². The minimum absolute atomic E-state index is 0.00852. The first-order valence-electron chi connectivity index (χ1n) is 6.25. The van der Waals surface area contributed by atoms with Crippen molar-refractivity contribution < 1.29 is 33.7 Å². The number of allylic oxidation sites excluding steroid dienone is 1. The van der Waals surface area contributed by atoms with Gasteiger partial charge in [-0.3, -0.25) is 14.4 Å². The summed E-state index contributed by atoms with van der Waals surface area (Å²) < 4.78 is 15.4. The number of ketones is 3. The molecule has 0 bridgehead atoms. The second-order valence-corrected chi connectivity index (χ2v) is 4.50. The number of fused-ring (bicyclic) bond motifs is 1. The molecular weight excluding hydrogens is 292 g/mol. The van der Waals surface area contributed by atoms with Crippen LogP contribution in [0.1, 0.15) is 22.8 Å². The van der Waals surface area contributed by atoms with Gasteiger partial charge in [-0.1, -0.05) is 0 Å². The SMILES string of the molecule is COc1cc(OC)c2c(c1OC)C(=O)C(=O)C(C(C)=O)=C2O. The van der Waals surface area contributed by atoms with Crippen LogP contribution in [0.15, 0.2) is 11.6 Å². The molecule has 7 heteroatoms. The third kappa shape index (κ3) is 2.02. The van der Waals surface area contributed by atoms with Gasteiger partial charge in [0.05, 0.1) is 32.5 Å². The highest BCUT2D eigenvalue weighted by atomic mass is 16.5. The number of aliphatic hydroxyl groups excluding tert-OH is 1. The molecule has 1 aromatic rings. The molecule has 0 saturated carbocycles. The first kappa shape index (κ1) is 15.6. The van der Waals surface area contributed by atoms with Crippen molar-refractivity contribution in [1.29, 1.82) is 0 Å². The smallest absolute Gasteiger partial charge is 0.241 e. The number of ether oxygens (including phenoxy) is 3. The van der Waals surface area contributed by atoms with E-state index in [2.05, 4.69) is 0 Å². The van der Waals surface area contributed by atoms with Gasteiger partial charge in [-0.05, 0) is 6.92 Å². The third-order valence-corrected chi connectivity index (χ3v) is 3.34. The highest BCUT2D eigenvalue weighted by Gasteiger charge is 2.40. The summed E-state index contributed by atoms with van der Waals surface area (Å²) in [5.74, 6) is -3.13. The van der Waals surface area contributed by atoms with Gasteiger partial charge in [0.15, 0.2) is 17.3 Å². The summed E-state index contributed by atoms with van der Waals surface area (Å²) in [7, 11) is 3.97. The van der Waals surface area contributed by atoms with Crippen molar-refractivity contribution in [3.63, 3.8) is 0 Å². The van der Waals surface area contributed by atoms with E-state index >= 15 is 0 Å². The molecule has 1 aliphatic carbocycles. The van der Waals surface area contributed by atoms with E-state index in [4.69, 9.17) is 14.2 Å². The first-order valence-corrected chi connectivity index (χ1v) is 6.25. The van der Waals surface area contributed by atoms with Crippen LogP contribution in [0, 0.1) is 0 Å². The van der Waals surface area contributed by atoms with Crippen molar-refractivity contribution >= 4 is 23.1 Å². The maximum atomic E-state index is 12.4. The van der Waals surface area contributed by atoms with Crippen LogP contribution in [0.3, 0.4) is 0 Å². The Hall–Kier alpha value is -2.83. The van der Waals surface area contributed by atoms with Crippen molar-refractivity contribution in [2.75, 3.05) is 21.3 Å². The average molecular weight is 306 g/mol. The molecule has 116 valence electrons. The number of benzene rings is 1. The maximum absolute atomic E-state index is 12.4. The second-order valence-electron chi connectivity index (χ2n) is 4.50. The normalized spacial score (nSPS) is 13.8. The standard InChI is InChI=1S/C15H14O7/c1-6(16)9-12(17)10-7(20-2)5-8(21-3)15(22-4)11(10)14(19)13(9)18/h5,17H,1-4H3. The summed E-state index contributed by atoms with van der Waals surface area (Å²) in [4.78, 5) is 36.0. The third-order valence-electron chi connectivity index (χ3n) is 3.34. The largest absolute Gasteiger partial charge is 0.506 e. The fraction of sp³-hybridized carbons (Fsp3) is 0.267. The second kappa shape index (κ2) is 5.51. The van der Waals surface area contributed by atoms with Gasteiger partial charge in [0.2, 0.25) is 11.6 Å². The Labute approximate surface area is 126 Å². The maximum Gasteiger partial charge on any atom is 0.241 e. The topological polar surface area (TPSA) is 99.1 Å². The highest BCUT2D eigenvalue weighted by molar-refractivity contribution is 6.57. The number of carbonyl (C=O) groups is 3. The molecule has 0 aliphatic heterocycles. The van der Waals surface area contributed by atoms with Crippen LogP contribution in [0.2, 0.25) is 0 Å². The Morgan fingerprint density at radius 2 is 1.55 bits per heavy atom. The van der Waals surface area contributed by atoms with E-state index < -0.39 is 28.7 Å². The summed E-state index contributed by atoms with van der Waals surface area (Å²) in [5.41, 5.74) is -0.816. The molecule has 1 aromatic carbocycles. The number of hydrogen-bond donors (Lipinski definition) is 1. The van der Waals surface area contributed by atoms with Crippen molar-refractivity contribution in [1.82, 2.24) is 0 Å². The van der Waals surface area contributed by atoms with E-state index in [1.54, 1.807) is 0 Å². The molecule has 0 unspecified atom stereocenters. The van der Waals surface area contributed by atoms with Gasteiger partial charge < -0.3 is 19.3 Å². The summed E-state index contributed by atoms with van der Waals surface area (Å²) in [6.07, 6.45) is 0. The van der Waals surface area contributed by atoms with E-state index in [0.717, 1.165) is 6.92 Å². The zero-order valence-corrected chi connectivity index (χ0v) is 12.5. The number of carbonyl (C=O) groups excluding carboxylic acids is 3. The Morgan fingerprint density at radius 1 is 0.955 bits per heavy atom. The van der Waals surface area contributed by atoms with Crippen LogP contribution in [0.4, 0.5) is 0 Å². The minimum Gasteiger partial charge on any atom is -0.506 e. The molecule has 0 amide bonds. The van der Waals surface area contributed by atoms with Crippen molar-refractivity contribution in [2.24, 2.45) is 0 Å². The molecule has 0 radical (unpaired) electrons. The lowest BCUT2D eigenvalue weighted by molar-refractivity contribution is -0.118. The lowest BCUT2D eigenvalue weighted by Crippen LogP contribution is -2.28. The van der Waals surface area contributed by atoms with E-state index in [1.165, 1.54) is 27.4 Å². The molecule has 1 aliphatic rings. The zero-order chi connectivity index (χ0) is 16.6. The molecule has 0 heterocycles. The van der Waals surface area contributed by atoms with E-state index in [-0.39, 0.29) is 28.4 Å². The quantitative estimate of drug-likeness (QED) is 0.661. The number of rotatable bonds is 4. The van der Waals surface area contributed by atoms with Crippen LogP contribution >= 0.6 is 0 Å². The van der Waals surface area contributed by atoms with Gasteiger partial charge in [-0.15, -0.1) is 0 Å². The molecule has 7 nitrogen and oxygen atoms in total. The molecule has 0 aromatic heterocycles. The Bertz CT molecular complexity index is 728. The van der Waals surface area contributed by atoms with Gasteiger partial charge in [0.25, 0.3) is 0 Å². The first-order chi connectivity index (χ1) is 10.4. The van der Waals surface area contributed by atoms with E-state index in [9.17, 15) is 19.5 Å². The van der Waals surface area contributed by atoms with Crippen LogP contribution in [-0.4, -0.2) is 43.8 Å². The molecule has 0 saturated heterocycles. The summed E-state index contributed by atoms with van der Waals surface area (Å²) >= 11 is 0. The summed E-state index contributed by atoms with van der Waals surface area (Å²) in [6, 6.07) is 1.40. The average Bonchev–Trinajstić information content (AvgIpc) is 2.50. The van der Waals surface area contributed by atoms with Gasteiger partial charge in [-0.25, -0.2) is 0 Å². The van der Waals surface area contributed by atoms with Crippen molar-refractivity contribution in [3.8, 4) is 17.2 Å². The van der Waals surface area contributed by atoms with E-state index in [0.29, 0.717) is 0 Å². The minimum atomic E-state index is -1.09. The molecule has 0 spiro atoms. The number of hydrogen-bond acceptors (Lipinski definition) is 7. The fourth-order valence-electron chi connectivity index (χ4n) is 2.37. The van der Waals surface area contributed by atoms with E-state index in [1.807, 2.05) is 0 Å². The van der Waals surface area contributed by atoms with Gasteiger partial charge >= 0.3 is 0 Å². The predicted octanol–water partition coefficient (Wildman–Crippen LogP) is 1.34. The van der Waals surface area contributed by atoms with Crippen molar-refractivity contribution in [2.45, 2.75) is 6.92 Å². The highest BCUT2D eigenvalue weighted by Crippen LogP contribution is 2.45. The number of Topliss-reactive ketones (excluding diaryl/α,β-unsaturated/α-hetero) is 3. The molecule has 0 fully saturated rings. The van der Waals surface area contributed by atoms with Gasteiger partial charge in [0.1, 0.15) is 17.1 Å². The predicted molar refractivity (Wildman–Crippen MR) is 75.7 cm³/mol. The van der Waals surface area contributed by atoms with Crippen LogP contribution < -0.4 is 14.2 Å². The zero-order valence-electron chi connectivity index (χ0n) is 12.5. The fourth-order valence-corrected chi connectivity index (χ4v) is 2.37. The van der Waals surface area contributed by atoms with Crippen molar-refractivity contribution in [3.05, 3.63) is 22.8 Å². The monoisotopic (exact) mass is 306 g/mol. The molecule has 1 N–H and O–H groups in total. The number of aliphatic hydroxyl groups is 1. The van der Waals surface area contributed by atoms with Crippen LogP contribution in [-0.2, 0) is 9.59 Å². The Balaban J connectivity index is 2.98. The Kier molecular flexibility index (Phi) is 3.90. The molecule has 0 atom stereocenters. The summed E-state index contributed by atoms with van der Waals surface area (Å²) in [5, 5.41) is 10.3. The molecule has 2 rings (SSSR count). The lowest BCUT2D eigenvalue weighted by atomic mass is 9.85. The Morgan fingerprint density at radius 3 is 2.00 bits per heavy atom.